The van der Waals surface area contributed by atoms with Crippen LogP contribution in [0.5, 0.6) is 0 Å². The van der Waals surface area contributed by atoms with Crippen LogP contribution in [0.4, 0.5) is 0 Å². The highest BCUT2D eigenvalue weighted by atomic mass is 14.5. The molecule has 0 bridgehead atoms. The monoisotopic (exact) mass is 161 g/mol. The lowest BCUT2D eigenvalue weighted by atomic mass is 10.1. The molecule has 0 heterocycles. The summed E-state index contributed by atoms with van der Waals surface area (Å²) < 4.78 is 0. The first-order valence-corrected chi connectivity index (χ1v) is 4.33. The fourth-order valence-electron chi connectivity index (χ4n) is 1.22. The molecule has 0 radical (unpaired) electrons. The molecule has 2 N–H and O–H groups in total. The molecule has 0 saturated heterocycles. The van der Waals surface area contributed by atoms with Crippen LogP contribution in [-0.4, -0.2) is 6.54 Å². The summed E-state index contributed by atoms with van der Waals surface area (Å²) in [6.45, 7) is 2.75. The average Bonchev–Trinajstić information content (AvgIpc) is 2.15. The van der Waals surface area contributed by atoms with Gasteiger partial charge in [-0.25, -0.2) is 0 Å². The molecule has 0 spiro atoms. The third-order valence-electron chi connectivity index (χ3n) is 1.82. The molecule has 1 heteroatoms. The van der Waals surface area contributed by atoms with Gasteiger partial charge >= 0.3 is 0 Å². The minimum Gasteiger partial charge on any atom is -0.326 e. The predicted molar refractivity (Wildman–Crippen MR) is 53.8 cm³/mol. The van der Waals surface area contributed by atoms with Crippen molar-refractivity contribution in [3.8, 4) is 0 Å². The highest BCUT2D eigenvalue weighted by Crippen LogP contribution is 2.12. The molecule has 12 heavy (non-hydrogen) atoms. The van der Waals surface area contributed by atoms with Crippen molar-refractivity contribution in [1.29, 1.82) is 0 Å². The fourth-order valence-corrected chi connectivity index (χ4v) is 1.22. The molecular formula is C11H15N. The second kappa shape index (κ2) is 4.73. The largest absolute Gasteiger partial charge is 0.326 e. The Kier molecular flexibility index (Phi) is 3.55. The number of nitrogens with two attached hydrogens (primary N) is 1. The molecule has 1 aromatic rings. The molecular weight excluding hydrogens is 146 g/mol. The summed E-state index contributed by atoms with van der Waals surface area (Å²) in [5.74, 6) is 0. The maximum atomic E-state index is 5.62. The Labute approximate surface area is 73.9 Å². The zero-order valence-electron chi connectivity index (χ0n) is 7.46. The minimum atomic E-state index is 0.623. The van der Waals surface area contributed by atoms with E-state index in [1.165, 1.54) is 11.1 Å². The Hall–Kier alpha value is -1.08. The van der Waals surface area contributed by atoms with Crippen LogP contribution in [0.25, 0.3) is 5.57 Å². The molecule has 1 rings (SSSR count). The first-order chi connectivity index (χ1) is 5.88. The van der Waals surface area contributed by atoms with Crippen LogP contribution in [0.1, 0.15) is 18.9 Å². The Balaban J connectivity index is 2.88. The lowest BCUT2D eigenvalue weighted by Gasteiger charge is -2.03. The van der Waals surface area contributed by atoms with Crippen molar-refractivity contribution in [2.75, 3.05) is 6.54 Å². The van der Waals surface area contributed by atoms with Gasteiger partial charge in [-0.1, -0.05) is 43.3 Å². The molecule has 0 aliphatic heterocycles. The zero-order chi connectivity index (χ0) is 8.81. The van der Waals surface area contributed by atoms with Crippen molar-refractivity contribution in [3.63, 3.8) is 0 Å². The van der Waals surface area contributed by atoms with Crippen molar-refractivity contribution in [2.24, 2.45) is 5.73 Å². The van der Waals surface area contributed by atoms with E-state index < -0.39 is 0 Å². The summed E-state index contributed by atoms with van der Waals surface area (Å²) in [7, 11) is 0. The molecule has 0 amide bonds. The Morgan fingerprint density at radius 1 is 1.33 bits per heavy atom. The maximum absolute atomic E-state index is 5.62. The van der Waals surface area contributed by atoms with Gasteiger partial charge in [-0.05, 0) is 17.6 Å². The SMILES string of the molecule is CC/C=C(/CN)c1ccccc1. The van der Waals surface area contributed by atoms with Gasteiger partial charge in [-0.15, -0.1) is 0 Å². The topological polar surface area (TPSA) is 26.0 Å². The van der Waals surface area contributed by atoms with Crippen LogP contribution in [0.15, 0.2) is 36.4 Å². The standard InChI is InChI=1S/C11H15N/c1-2-6-11(9-12)10-7-4-3-5-8-10/h3-8H,2,9,12H2,1H3/b11-6-. The molecule has 0 aliphatic carbocycles. The van der Waals surface area contributed by atoms with Gasteiger partial charge in [0.1, 0.15) is 0 Å². The van der Waals surface area contributed by atoms with E-state index in [1.807, 2.05) is 18.2 Å². The summed E-state index contributed by atoms with van der Waals surface area (Å²) in [4.78, 5) is 0. The van der Waals surface area contributed by atoms with Gasteiger partial charge in [0.2, 0.25) is 0 Å². The molecule has 0 fully saturated rings. The van der Waals surface area contributed by atoms with Crippen LogP contribution in [0.2, 0.25) is 0 Å². The molecule has 0 aromatic heterocycles. The number of rotatable bonds is 3. The average molecular weight is 161 g/mol. The summed E-state index contributed by atoms with van der Waals surface area (Å²) >= 11 is 0. The fraction of sp³-hybridized carbons (Fsp3) is 0.273. The van der Waals surface area contributed by atoms with E-state index in [4.69, 9.17) is 5.73 Å². The van der Waals surface area contributed by atoms with E-state index in [0.29, 0.717) is 6.54 Å². The summed E-state index contributed by atoms with van der Waals surface area (Å²) in [5.41, 5.74) is 8.09. The lowest BCUT2D eigenvalue weighted by molar-refractivity contribution is 1.18. The first-order valence-electron chi connectivity index (χ1n) is 4.33. The number of hydrogen-bond acceptors (Lipinski definition) is 1. The molecule has 0 aliphatic rings. The Bertz CT molecular complexity index is 249. The van der Waals surface area contributed by atoms with E-state index in [0.717, 1.165) is 6.42 Å². The molecule has 1 aromatic carbocycles. The van der Waals surface area contributed by atoms with Crippen LogP contribution >= 0.6 is 0 Å². The predicted octanol–water partition coefficient (Wildman–Crippen LogP) is 2.44. The molecule has 0 saturated carbocycles. The van der Waals surface area contributed by atoms with Crippen LogP contribution in [-0.2, 0) is 0 Å². The van der Waals surface area contributed by atoms with Crippen molar-refractivity contribution in [3.05, 3.63) is 42.0 Å². The normalized spacial score (nSPS) is 11.7. The highest BCUT2D eigenvalue weighted by Gasteiger charge is 1.95. The van der Waals surface area contributed by atoms with Crippen molar-refractivity contribution < 1.29 is 0 Å². The van der Waals surface area contributed by atoms with Crippen LogP contribution in [0, 0.1) is 0 Å². The van der Waals surface area contributed by atoms with E-state index in [-0.39, 0.29) is 0 Å². The van der Waals surface area contributed by atoms with E-state index in [9.17, 15) is 0 Å². The highest BCUT2D eigenvalue weighted by molar-refractivity contribution is 5.66. The van der Waals surface area contributed by atoms with E-state index >= 15 is 0 Å². The van der Waals surface area contributed by atoms with Gasteiger partial charge in [-0.3, -0.25) is 0 Å². The van der Waals surface area contributed by atoms with Gasteiger partial charge in [-0.2, -0.15) is 0 Å². The maximum Gasteiger partial charge on any atom is 0.0180 e. The lowest BCUT2D eigenvalue weighted by Crippen LogP contribution is -2.01. The minimum absolute atomic E-state index is 0.623. The Morgan fingerprint density at radius 2 is 2.00 bits per heavy atom. The van der Waals surface area contributed by atoms with Gasteiger partial charge in [0, 0.05) is 6.54 Å². The van der Waals surface area contributed by atoms with E-state index in [1.54, 1.807) is 0 Å². The third-order valence-corrected chi connectivity index (χ3v) is 1.82. The molecule has 64 valence electrons. The number of allylic oxidation sites excluding steroid dienone is 1. The van der Waals surface area contributed by atoms with E-state index in [2.05, 4.69) is 25.1 Å². The number of benzene rings is 1. The smallest absolute Gasteiger partial charge is 0.0180 e. The van der Waals surface area contributed by atoms with Gasteiger partial charge in [0.25, 0.3) is 0 Å². The first kappa shape index (κ1) is 9.01. The third kappa shape index (κ3) is 2.21. The summed E-state index contributed by atoms with van der Waals surface area (Å²) in [6, 6.07) is 10.3. The second-order valence-corrected chi connectivity index (χ2v) is 2.71. The quantitative estimate of drug-likeness (QED) is 0.724. The van der Waals surface area contributed by atoms with Crippen molar-refractivity contribution in [2.45, 2.75) is 13.3 Å². The summed E-state index contributed by atoms with van der Waals surface area (Å²) in [6.07, 6.45) is 3.22. The van der Waals surface area contributed by atoms with Crippen LogP contribution in [0.3, 0.4) is 0 Å². The van der Waals surface area contributed by atoms with Gasteiger partial charge < -0.3 is 5.73 Å². The Morgan fingerprint density at radius 3 is 2.50 bits per heavy atom. The molecule has 0 atom stereocenters. The molecule has 1 nitrogen and oxygen atoms in total. The van der Waals surface area contributed by atoms with Crippen LogP contribution < -0.4 is 5.73 Å². The van der Waals surface area contributed by atoms with Gasteiger partial charge in [0.05, 0.1) is 0 Å². The van der Waals surface area contributed by atoms with Crippen molar-refractivity contribution >= 4 is 5.57 Å². The second-order valence-electron chi connectivity index (χ2n) is 2.71. The van der Waals surface area contributed by atoms with Crippen molar-refractivity contribution in [1.82, 2.24) is 0 Å². The number of hydrogen-bond donors (Lipinski definition) is 1. The zero-order valence-corrected chi connectivity index (χ0v) is 7.46. The molecule has 0 unspecified atom stereocenters. The van der Waals surface area contributed by atoms with Gasteiger partial charge in [0.15, 0.2) is 0 Å². The summed E-state index contributed by atoms with van der Waals surface area (Å²) in [5, 5.41) is 0.